The highest BCUT2D eigenvalue weighted by Crippen LogP contribution is 2.27. The smallest absolute Gasteiger partial charge is 0.224 e. The summed E-state index contributed by atoms with van der Waals surface area (Å²) in [4.78, 5) is 8.74. The molecule has 2 aromatic rings. The minimum atomic E-state index is 0.491. The molecule has 4 nitrogen and oxygen atoms in total. The zero-order valence-corrected chi connectivity index (χ0v) is 13.0. The second-order valence-corrected chi connectivity index (χ2v) is 5.96. The summed E-state index contributed by atoms with van der Waals surface area (Å²) in [6.07, 6.45) is 6.67. The van der Waals surface area contributed by atoms with Crippen molar-refractivity contribution in [1.29, 1.82) is 0 Å². The lowest BCUT2D eigenvalue weighted by Crippen LogP contribution is -2.16. The van der Waals surface area contributed by atoms with E-state index in [2.05, 4.69) is 20.6 Å². The van der Waals surface area contributed by atoms with E-state index in [-0.39, 0.29) is 0 Å². The predicted molar refractivity (Wildman–Crippen MR) is 87.7 cm³/mol. The molecule has 1 heterocycles. The van der Waals surface area contributed by atoms with Gasteiger partial charge in [0.2, 0.25) is 5.95 Å². The molecule has 0 atom stereocenters. The summed E-state index contributed by atoms with van der Waals surface area (Å²) in [6.45, 7) is 0. The summed E-state index contributed by atoms with van der Waals surface area (Å²) in [6, 6.07) is 7.70. The second-order valence-electron chi connectivity index (χ2n) is 5.15. The van der Waals surface area contributed by atoms with E-state index in [1.807, 2.05) is 12.1 Å². The van der Waals surface area contributed by atoms with Crippen LogP contribution >= 0.6 is 23.2 Å². The van der Waals surface area contributed by atoms with Gasteiger partial charge >= 0.3 is 0 Å². The van der Waals surface area contributed by atoms with Gasteiger partial charge in [-0.25, -0.2) is 4.98 Å². The zero-order valence-electron chi connectivity index (χ0n) is 11.4. The van der Waals surface area contributed by atoms with Crippen LogP contribution in [-0.4, -0.2) is 16.0 Å². The molecule has 0 saturated heterocycles. The second kappa shape index (κ2) is 6.50. The van der Waals surface area contributed by atoms with Crippen molar-refractivity contribution in [3.63, 3.8) is 0 Å². The molecule has 0 aliphatic heterocycles. The van der Waals surface area contributed by atoms with E-state index >= 15 is 0 Å². The highest BCUT2D eigenvalue weighted by atomic mass is 35.5. The van der Waals surface area contributed by atoms with Gasteiger partial charge < -0.3 is 10.6 Å². The van der Waals surface area contributed by atoms with Crippen molar-refractivity contribution in [1.82, 2.24) is 9.97 Å². The molecule has 6 heteroatoms. The average Bonchev–Trinajstić information content (AvgIpc) is 2.96. The fourth-order valence-electron chi connectivity index (χ4n) is 2.47. The lowest BCUT2D eigenvalue weighted by atomic mass is 10.2. The van der Waals surface area contributed by atoms with Gasteiger partial charge in [-0.05, 0) is 37.1 Å². The molecule has 110 valence electrons. The summed E-state index contributed by atoms with van der Waals surface area (Å²) < 4.78 is 0. The molecule has 3 rings (SSSR count). The van der Waals surface area contributed by atoms with Gasteiger partial charge in [0.05, 0.1) is 10.0 Å². The number of hydrogen-bond acceptors (Lipinski definition) is 4. The molecule has 1 aromatic heterocycles. The van der Waals surface area contributed by atoms with Crippen LogP contribution in [0.4, 0.5) is 17.5 Å². The Bertz CT molecular complexity index is 627. The number of rotatable bonds is 4. The highest BCUT2D eigenvalue weighted by molar-refractivity contribution is 6.42. The molecule has 1 saturated carbocycles. The van der Waals surface area contributed by atoms with Crippen molar-refractivity contribution in [3.8, 4) is 0 Å². The SMILES string of the molecule is Clc1ccc(Nc2ccnc(NC3CCCC3)n2)cc1Cl. The fraction of sp³-hybridized carbons (Fsp3) is 0.333. The van der Waals surface area contributed by atoms with Crippen LogP contribution in [-0.2, 0) is 0 Å². The van der Waals surface area contributed by atoms with Crippen molar-refractivity contribution < 1.29 is 0 Å². The summed E-state index contributed by atoms with van der Waals surface area (Å²) >= 11 is 11.9. The monoisotopic (exact) mass is 322 g/mol. The maximum absolute atomic E-state index is 6.01. The largest absolute Gasteiger partial charge is 0.351 e. The van der Waals surface area contributed by atoms with Crippen LogP contribution in [0.5, 0.6) is 0 Å². The third kappa shape index (κ3) is 3.77. The normalized spacial score (nSPS) is 15.1. The van der Waals surface area contributed by atoms with Crippen LogP contribution in [0, 0.1) is 0 Å². The number of nitrogens with zero attached hydrogens (tertiary/aromatic N) is 2. The maximum Gasteiger partial charge on any atom is 0.224 e. The van der Waals surface area contributed by atoms with Crippen LogP contribution in [0.1, 0.15) is 25.7 Å². The van der Waals surface area contributed by atoms with Crippen molar-refractivity contribution in [2.75, 3.05) is 10.6 Å². The number of halogens is 2. The maximum atomic E-state index is 6.01. The summed E-state index contributed by atoms with van der Waals surface area (Å²) in [5, 5.41) is 7.63. The van der Waals surface area contributed by atoms with E-state index in [0.717, 1.165) is 11.5 Å². The summed E-state index contributed by atoms with van der Waals surface area (Å²) in [5.74, 6) is 1.39. The first kappa shape index (κ1) is 14.4. The van der Waals surface area contributed by atoms with E-state index in [1.165, 1.54) is 25.7 Å². The lowest BCUT2D eigenvalue weighted by molar-refractivity contribution is 0.744. The molecule has 0 amide bonds. The van der Waals surface area contributed by atoms with E-state index in [1.54, 1.807) is 18.3 Å². The molecule has 0 radical (unpaired) electrons. The Balaban J connectivity index is 1.71. The molecule has 21 heavy (non-hydrogen) atoms. The minimum absolute atomic E-state index is 0.491. The van der Waals surface area contributed by atoms with E-state index in [4.69, 9.17) is 23.2 Å². The molecule has 1 aliphatic rings. The predicted octanol–water partition coefficient (Wildman–Crippen LogP) is 4.88. The van der Waals surface area contributed by atoms with Crippen LogP contribution in [0.3, 0.4) is 0 Å². The Hall–Kier alpha value is -1.52. The zero-order chi connectivity index (χ0) is 14.7. The van der Waals surface area contributed by atoms with Gasteiger partial charge in [-0.3, -0.25) is 0 Å². The molecule has 0 spiro atoms. The van der Waals surface area contributed by atoms with Gasteiger partial charge in [0.15, 0.2) is 0 Å². The number of anilines is 3. The van der Waals surface area contributed by atoms with Gasteiger partial charge in [0, 0.05) is 17.9 Å². The first-order chi connectivity index (χ1) is 10.2. The standard InChI is InChI=1S/C15H16Cl2N4/c16-12-6-5-11(9-13(12)17)19-14-7-8-18-15(21-14)20-10-3-1-2-4-10/h5-10H,1-4H2,(H2,18,19,20,21). The summed E-state index contributed by atoms with van der Waals surface area (Å²) in [7, 11) is 0. The first-order valence-electron chi connectivity index (χ1n) is 7.02. The van der Waals surface area contributed by atoms with Crippen molar-refractivity contribution in [2.24, 2.45) is 0 Å². The molecular formula is C15H16Cl2N4. The number of nitrogens with one attached hydrogen (secondary N) is 2. The molecule has 0 bridgehead atoms. The Kier molecular flexibility index (Phi) is 4.46. The number of hydrogen-bond donors (Lipinski definition) is 2. The van der Waals surface area contributed by atoms with Crippen molar-refractivity contribution in [3.05, 3.63) is 40.5 Å². The van der Waals surface area contributed by atoms with Crippen molar-refractivity contribution in [2.45, 2.75) is 31.7 Å². The lowest BCUT2D eigenvalue weighted by Gasteiger charge is -2.13. The Morgan fingerprint density at radius 1 is 1.05 bits per heavy atom. The van der Waals surface area contributed by atoms with Crippen LogP contribution in [0.25, 0.3) is 0 Å². The fourth-order valence-corrected chi connectivity index (χ4v) is 2.77. The molecular weight excluding hydrogens is 307 g/mol. The number of benzene rings is 1. The van der Waals surface area contributed by atoms with E-state index in [0.29, 0.717) is 22.0 Å². The highest BCUT2D eigenvalue weighted by Gasteiger charge is 2.15. The quantitative estimate of drug-likeness (QED) is 0.842. The first-order valence-corrected chi connectivity index (χ1v) is 7.78. The third-order valence-corrected chi connectivity index (χ3v) is 4.28. The molecule has 1 aliphatic carbocycles. The Labute approximate surface area is 133 Å². The van der Waals surface area contributed by atoms with Gasteiger partial charge in [0.1, 0.15) is 5.82 Å². The Morgan fingerprint density at radius 3 is 2.62 bits per heavy atom. The van der Waals surface area contributed by atoms with E-state index < -0.39 is 0 Å². The summed E-state index contributed by atoms with van der Waals surface area (Å²) in [5.41, 5.74) is 0.843. The van der Waals surface area contributed by atoms with Crippen LogP contribution in [0.15, 0.2) is 30.5 Å². The van der Waals surface area contributed by atoms with Gasteiger partial charge in [0.25, 0.3) is 0 Å². The van der Waals surface area contributed by atoms with Gasteiger partial charge in [-0.2, -0.15) is 4.98 Å². The van der Waals surface area contributed by atoms with Gasteiger partial charge in [-0.15, -0.1) is 0 Å². The third-order valence-electron chi connectivity index (χ3n) is 3.54. The van der Waals surface area contributed by atoms with Gasteiger partial charge in [-0.1, -0.05) is 36.0 Å². The van der Waals surface area contributed by atoms with Crippen LogP contribution < -0.4 is 10.6 Å². The average molecular weight is 323 g/mol. The topological polar surface area (TPSA) is 49.8 Å². The molecule has 1 fully saturated rings. The number of aromatic nitrogens is 2. The molecule has 1 aromatic carbocycles. The Morgan fingerprint density at radius 2 is 1.86 bits per heavy atom. The minimum Gasteiger partial charge on any atom is -0.351 e. The van der Waals surface area contributed by atoms with Crippen molar-refractivity contribution >= 4 is 40.7 Å². The molecule has 0 unspecified atom stereocenters. The van der Waals surface area contributed by atoms with E-state index in [9.17, 15) is 0 Å². The molecule has 2 N–H and O–H groups in total. The van der Waals surface area contributed by atoms with Crippen LogP contribution in [0.2, 0.25) is 10.0 Å².